The molecular formula is C14H15N5O2. The Kier molecular flexibility index (Phi) is 3.63. The van der Waals surface area contributed by atoms with E-state index < -0.39 is 0 Å². The summed E-state index contributed by atoms with van der Waals surface area (Å²) in [6.07, 6.45) is 7.70. The third-order valence-electron chi connectivity index (χ3n) is 3.19. The Morgan fingerprint density at radius 2 is 2.38 bits per heavy atom. The van der Waals surface area contributed by atoms with Crippen molar-refractivity contribution < 1.29 is 9.53 Å². The molecule has 0 aromatic carbocycles. The highest BCUT2D eigenvalue weighted by molar-refractivity contribution is 5.84. The lowest BCUT2D eigenvalue weighted by atomic mass is 10.1. The number of hydrogen-bond acceptors (Lipinski definition) is 5. The van der Waals surface area contributed by atoms with Gasteiger partial charge >= 0.3 is 5.97 Å². The van der Waals surface area contributed by atoms with E-state index in [1.807, 2.05) is 12.3 Å². The molecule has 0 aliphatic rings. The molecule has 7 nitrogen and oxygen atoms in total. The van der Waals surface area contributed by atoms with Gasteiger partial charge in [-0.15, -0.1) is 0 Å². The van der Waals surface area contributed by atoms with Crippen LogP contribution in [-0.2, 0) is 16.0 Å². The molecule has 7 heteroatoms. The molecule has 0 spiro atoms. The molecule has 0 amide bonds. The largest absolute Gasteiger partial charge is 0.466 e. The summed E-state index contributed by atoms with van der Waals surface area (Å²) in [6, 6.07) is 1.93. The molecule has 0 saturated heterocycles. The first-order valence-corrected chi connectivity index (χ1v) is 6.74. The van der Waals surface area contributed by atoms with Crippen molar-refractivity contribution >= 4 is 16.9 Å². The molecule has 0 fully saturated rings. The molecule has 1 N–H and O–H groups in total. The average Bonchev–Trinajstić information content (AvgIpc) is 3.14. The fraction of sp³-hybridized carbons (Fsp3) is 0.286. The van der Waals surface area contributed by atoms with Crippen LogP contribution in [0.25, 0.3) is 16.7 Å². The van der Waals surface area contributed by atoms with Crippen molar-refractivity contribution in [3.63, 3.8) is 0 Å². The zero-order valence-electron chi connectivity index (χ0n) is 11.6. The predicted molar refractivity (Wildman–Crippen MR) is 76.0 cm³/mol. The van der Waals surface area contributed by atoms with Crippen LogP contribution in [0.1, 0.15) is 18.9 Å². The second kappa shape index (κ2) is 5.74. The van der Waals surface area contributed by atoms with Crippen LogP contribution in [0.2, 0.25) is 0 Å². The van der Waals surface area contributed by atoms with Crippen molar-refractivity contribution in [2.75, 3.05) is 6.61 Å². The van der Waals surface area contributed by atoms with Crippen LogP contribution in [-0.4, -0.2) is 37.3 Å². The van der Waals surface area contributed by atoms with Crippen LogP contribution < -0.4 is 0 Å². The molecule has 3 rings (SSSR count). The highest BCUT2D eigenvalue weighted by Crippen LogP contribution is 2.21. The Bertz CT molecular complexity index is 748. The van der Waals surface area contributed by atoms with Gasteiger partial charge in [-0.1, -0.05) is 0 Å². The summed E-state index contributed by atoms with van der Waals surface area (Å²) in [7, 11) is 0. The summed E-state index contributed by atoms with van der Waals surface area (Å²) in [5.41, 5.74) is 1.99. The third-order valence-corrected chi connectivity index (χ3v) is 3.19. The van der Waals surface area contributed by atoms with Crippen LogP contribution in [0.3, 0.4) is 0 Å². The summed E-state index contributed by atoms with van der Waals surface area (Å²) in [6.45, 7) is 2.22. The number of carbonyl (C=O) groups excluding carboxylic acids is 1. The number of aromatic amines is 1. The maximum atomic E-state index is 11.5. The zero-order valence-corrected chi connectivity index (χ0v) is 11.6. The van der Waals surface area contributed by atoms with E-state index in [9.17, 15) is 4.79 Å². The molecule has 0 bridgehead atoms. The normalized spacial score (nSPS) is 10.9. The van der Waals surface area contributed by atoms with Gasteiger partial charge < -0.3 is 9.72 Å². The molecule has 3 heterocycles. The van der Waals surface area contributed by atoms with Crippen LogP contribution in [0.5, 0.6) is 0 Å². The Morgan fingerprint density at radius 1 is 1.48 bits per heavy atom. The van der Waals surface area contributed by atoms with Gasteiger partial charge in [0.2, 0.25) is 0 Å². The average molecular weight is 285 g/mol. The van der Waals surface area contributed by atoms with E-state index in [0.717, 1.165) is 16.5 Å². The van der Waals surface area contributed by atoms with Gasteiger partial charge in [-0.2, -0.15) is 5.10 Å². The van der Waals surface area contributed by atoms with E-state index in [2.05, 4.69) is 20.1 Å². The second-order valence-electron chi connectivity index (χ2n) is 4.55. The number of carbonyl (C=O) groups is 1. The summed E-state index contributed by atoms with van der Waals surface area (Å²) in [5.74, 6) is 0.509. The fourth-order valence-electron chi connectivity index (χ4n) is 2.20. The highest BCUT2D eigenvalue weighted by Gasteiger charge is 2.09. The van der Waals surface area contributed by atoms with E-state index in [1.165, 1.54) is 6.33 Å². The van der Waals surface area contributed by atoms with Gasteiger partial charge in [-0.05, 0) is 25.0 Å². The zero-order chi connectivity index (χ0) is 14.7. The molecule has 0 atom stereocenters. The number of nitrogens with one attached hydrogen (secondary N) is 1. The maximum absolute atomic E-state index is 11.5. The summed E-state index contributed by atoms with van der Waals surface area (Å²) >= 11 is 0. The van der Waals surface area contributed by atoms with Gasteiger partial charge in [0.1, 0.15) is 12.7 Å². The monoisotopic (exact) mass is 285 g/mol. The number of ether oxygens (including phenoxy) is 1. The summed E-state index contributed by atoms with van der Waals surface area (Å²) in [5, 5.41) is 5.09. The van der Waals surface area contributed by atoms with Crippen LogP contribution in [0.15, 0.2) is 31.1 Å². The van der Waals surface area contributed by atoms with E-state index in [0.29, 0.717) is 25.3 Å². The molecule has 0 saturated carbocycles. The fourth-order valence-corrected chi connectivity index (χ4v) is 2.20. The van der Waals surface area contributed by atoms with E-state index >= 15 is 0 Å². The quantitative estimate of drug-likeness (QED) is 0.720. The number of esters is 1. The molecule has 0 unspecified atom stereocenters. The molecule has 0 radical (unpaired) electrons. The van der Waals surface area contributed by atoms with E-state index in [-0.39, 0.29) is 5.97 Å². The smallest absolute Gasteiger partial charge is 0.306 e. The van der Waals surface area contributed by atoms with Crippen molar-refractivity contribution in [2.24, 2.45) is 0 Å². The lowest BCUT2D eigenvalue weighted by molar-refractivity contribution is -0.143. The standard InChI is InChI=1S/C14H15N5O2/c1-2-21-14(20)4-3-10-6-16-12-7-17-13(5-11(10)12)19-9-15-8-18-19/h5-9,16H,2-4H2,1H3. The van der Waals surface area contributed by atoms with Crippen molar-refractivity contribution in [3.05, 3.63) is 36.7 Å². The van der Waals surface area contributed by atoms with Gasteiger partial charge in [0, 0.05) is 18.0 Å². The number of aromatic nitrogens is 5. The van der Waals surface area contributed by atoms with Crippen molar-refractivity contribution in [1.82, 2.24) is 24.7 Å². The highest BCUT2D eigenvalue weighted by atomic mass is 16.5. The predicted octanol–water partition coefficient (Wildman–Crippen LogP) is 1.64. The van der Waals surface area contributed by atoms with Gasteiger partial charge in [0.15, 0.2) is 5.82 Å². The molecule has 0 aliphatic heterocycles. The number of aryl methyl sites for hydroxylation is 1. The minimum Gasteiger partial charge on any atom is -0.466 e. The third kappa shape index (κ3) is 2.76. The van der Waals surface area contributed by atoms with Gasteiger partial charge in [-0.25, -0.2) is 14.6 Å². The maximum Gasteiger partial charge on any atom is 0.306 e. The van der Waals surface area contributed by atoms with Gasteiger partial charge in [-0.3, -0.25) is 4.79 Å². The Balaban J connectivity index is 1.86. The van der Waals surface area contributed by atoms with Crippen molar-refractivity contribution in [3.8, 4) is 5.82 Å². The van der Waals surface area contributed by atoms with Crippen LogP contribution in [0, 0.1) is 0 Å². The Hall–Kier alpha value is -2.70. The number of H-pyrrole nitrogens is 1. The summed E-state index contributed by atoms with van der Waals surface area (Å²) in [4.78, 5) is 22.9. The van der Waals surface area contributed by atoms with E-state index in [4.69, 9.17) is 4.74 Å². The number of fused-ring (bicyclic) bond motifs is 1. The lowest BCUT2D eigenvalue weighted by Gasteiger charge is -2.02. The lowest BCUT2D eigenvalue weighted by Crippen LogP contribution is -2.05. The molecular weight excluding hydrogens is 270 g/mol. The first kappa shape index (κ1) is 13.3. The SMILES string of the molecule is CCOC(=O)CCc1c[nH]c2cnc(-n3cncn3)cc12. The van der Waals surface area contributed by atoms with E-state index in [1.54, 1.807) is 24.1 Å². The first-order chi connectivity index (χ1) is 10.3. The van der Waals surface area contributed by atoms with Crippen LogP contribution >= 0.6 is 0 Å². The van der Waals surface area contributed by atoms with Gasteiger partial charge in [0.25, 0.3) is 0 Å². The molecule has 0 aliphatic carbocycles. The molecule has 108 valence electrons. The Labute approximate surface area is 121 Å². The van der Waals surface area contributed by atoms with Crippen LogP contribution in [0.4, 0.5) is 0 Å². The first-order valence-electron chi connectivity index (χ1n) is 6.74. The number of nitrogens with zero attached hydrogens (tertiary/aromatic N) is 4. The molecule has 3 aromatic rings. The Morgan fingerprint density at radius 3 is 3.14 bits per heavy atom. The minimum atomic E-state index is -0.183. The molecule has 3 aromatic heterocycles. The number of pyridine rings is 1. The number of hydrogen-bond donors (Lipinski definition) is 1. The van der Waals surface area contributed by atoms with Gasteiger partial charge in [0.05, 0.1) is 18.3 Å². The topological polar surface area (TPSA) is 85.7 Å². The number of rotatable bonds is 5. The second-order valence-corrected chi connectivity index (χ2v) is 4.55. The van der Waals surface area contributed by atoms with Crippen molar-refractivity contribution in [2.45, 2.75) is 19.8 Å². The molecule has 21 heavy (non-hydrogen) atoms. The van der Waals surface area contributed by atoms with Crippen molar-refractivity contribution in [1.29, 1.82) is 0 Å². The summed E-state index contributed by atoms with van der Waals surface area (Å²) < 4.78 is 6.55. The minimum absolute atomic E-state index is 0.183.